The summed E-state index contributed by atoms with van der Waals surface area (Å²) >= 11 is 1.40. The number of nitrogens with zero attached hydrogens (tertiary/aromatic N) is 2. The van der Waals surface area contributed by atoms with Crippen LogP contribution in [-0.4, -0.2) is 26.0 Å². The van der Waals surface area contributed by atoms with Crippen molar-refractivity contribution in [3.05, 3.63) is 33.2 Å². The van der Waals surface area contributed by atoms with E-state index in [1.807, 2.05) is 19.2 Å². The van der Waals surface area contributed by atoms with E-state index in [0.29, 0.717) is 17.1 Å². The molecule has 6 nitrogen and oxygen atoms in total. The Morgan fingerprint density at radius 2 is 2.29 bits per heavy atom. The van der Waals surface area contributed by atoms with Crippen molar-refractivity contribution in [3.8, 4) is 0 Å². The van der Waals surface area contributed by atoms with Crippen LogP contribution in [0.15, 0.2) is 16.2 Å². The van der Waals surface area contributed by atoms with Crippen molar-refractivity contribution >= 4 is 22.3 Å². The number of carbonyl (C=O) groups is 1. The number of fused-ring (bicyclic) bond motifs is 1. The molecule has 1 unspecified atom stereocenters. The van der Waals surface area contributed by atoms with Gasteiger partial charge < -0.3 is 5.11 Å². The number of rotatable bonds is 6. The molecule has 0 radical (unpaired) electrons. The maximum absolute atomic E-state index is 12.1. The Labute approximate surface area is 126 Å². The third-order valence-corrected chi connectivity index (χ3v) is 4.45. The molecule has 1 atom stereocenters. The molecule has 2 N–H and O–H groups in total. The van der Waals surface area contributed by atoms with Crippen LogP contribution in [0, 0.1) is 6.92 Å². The summed E-state index contributed by atoms with van der Waals surface area (Å²) < 4.78 is 1.55. The Hall–Kier alpha value is -1.73. The molecule has 0 spiro atoms. The minimum atomic E-state index is -1.01. The monoisotopic (exact) mass is 309 g/mol. The quantitative estimate of drug-likeness (QED) is 0.850. The van der Waals surface area contributed by atoms with Crippen molar-refractivity contribution in [1.29, 1.82) is 0 Å². The average molecular weight is 309 g/mol. The molecule has 2 rings (SSSR count). The Balaban J connectivity index is 2.24. The van der Waals surface area contributed by atoms with Gasteiger partial charge in [0.25, 0.3) is 5.56 Å². The molecule has 0 saturated heterocycles. The molecule has 0 aliphatic rings. The zero-order valence-corrected chi connectivity index (χ0v) is 13.2. The number of carboxylic acids is 1. The summed E-state index contributed by atoms with van der Waals surface area (Å²) in [6.07, 6.45) is 1.27. The number of thiazole rings is 1. The maximum Gasteiger partial charge on any atom is 0.323 e. The van der Waals surface area contributed by atoms with E-state index in [-0.39, 0.29) is 12.1 Å². The van der Waals surface area contributed by atoms with Gasteiger partial charge in [-0.3, -0.25) is 19.3 Å². The first-order chi connectivity index (χ1) is 9.87. The summed E-state index contributed by atoms with van der Waals surface area (Å²) in [5, 5.41) is 14.2. The first kappa shape index (κ1) is 15.7. The van der Waals surface area contributed by atoms with E-state index in [1.54, 1.807) is 11.3 Å². The van der Waals surface area contributed by atoms with Crippen molar-refractivity contribution in [2.75, 3.05) is 0 Å². The van der Waals surface area contributed by atoms with Gasteiger partial charge in [-0.2, -0.15) is 0 Å². The Morgan fingerprint density at radius 1 is 1.57 bits per heavy atom. The fourth-order valence-corrected chi connectivity index (χ4v) is 3.14. The smallest absolute Gasteiger partial charge is 0.323 e. The largest absolute Gasteiger partial charge is 0.480 e. The maximum atomic E-state index is 12.1. The molecule has 114 valence electrons. The second kappa shape index (κ2) is 5.95. The topological polar surface area (TPSA) is 83.7 Å². The SMILES string of the molecule is CCCC(C)(NCc1cc(=O)n2c(C)csc2n1)C(=O)O. The van der Waals surface area contributed by atoms with Crippen molar-refractivity contribution in [3.63, 3.8) is 0 Å². The van der Waals surface area contributed by atoms with Gasteiger partial charge >= 0.3 is 5.97 Å². The first-order valence-electron chi connectivity index (χ1n) is 6.82. The lowest BCUT2D eigenvalue weighted by molar-refractivity contribution is -0.144. The fourth-order valence-electron chi connectivity index (χ4n) is 2.25. The standard InChI is InChI=1S/C14H19N3O3S/c1-4-5-14(3,12(19)20)15-7-10-6-11(18)17-9(2)8-21-13(17)16-10/h6,8,15H,4-5,7H2,1-3H3,(H,19,20). The minimum Gasteiger partial charge on any atom is -0.480 e. The van der Waals surface area contributed by atoms with Crippen molar-refractivity contribution < 1.29 is 9.90 Å². The summed E-state index contributed by atoms with van der Waals surface area (Å²) in [4.78, 5) is 28.5. The van der Waals surface area contributed by atoms with Crippen LogP contribution in [0.2, 0.25) is 0 Å². The van der Waals surface area contributed by atoms with Crippen molar-refractivity contribution in [2.45, 2.75) is 45.7 Å². The molecule has 0 aliphatic carbocycles. The van der Waals surface area contributed by atoms with Crippen molar-refractivity contribution in [2.24, 2.45) is 0 Å². The van der Waals surface area contributed by atoms with Crippen LogP contribution < -0.4 is 10.9 Å². The minimum absolute atomic E-state index is 0.136. The van der Waals surface area contributed by atoms with E-state index in [2.05, 4.69) is 10.3 Å². The van der Waals surface area contributed by atoms with Gasteiger partial charge in [0.2, 0.25) is 0 Å². The lowest BCUT2D eigenvalue weighted by Crippen LogP contribution is -2.49. The predicted molar refractivity (Wildman–Crippen MR) is 81.9 cm³/mol. The molecular formula is C14H19N3O3S. The molecule has 21 heavy (non-hydrogen) atoms. The van der Waals surface area contributed by atoms with Crippen molar-refractivity contribution in [1.82, 2.24) is 14.7 Å². The number of hydrogen-bond acceptors (Lipinski definition) is 5. The van der Waals surface area contributed by atoms with E-state index in [0.717, 1.165) is 12.1 Å². The molecule has 0 fully saturated rings. The van der Waals surface area contributed by atoms with Gasteiger partial charge in [0.1, 0.15) is 5.54 Å². The van der Waals surface area contributed by atoms with Crippen LogP contribution in [-0.2, 0) is 11.3 Å². The second-order valence-corrected chi connectivity index (χ2v) is 6.16. The highest BCUT2D eigenvalue weighted by Crippen LogP contribution is 2.15. The highest BCUT2D eigenvalue weighted by atomic mass is 32.1. The van der Waals surface area contributed by atoms with Crippen LogP contribution in [0.4, 0.5) is 0 Å². The number of aliphatic carboxylic acids is 1. The van der Waals surface area contributed by atoms with E-state index >= 15 is 0 Å². The van der Waals surface area contributed by atoms with Gasteiger partial charge in [0, 0.05) is 23.7 Å². The van der Waals surface area contributed by atoms with Gasteiger partial charge in [0.05, 0.1) is 5.69 Å². The molecule has 2 aromatic heterocycles. The fraction of sp³-hybridized carbons (Fsp3) is 0.500. The summed E-state index contributed by atoms with van der Waals surface area (Å²) in [6, 6.07) is 1.45. The molecule has 0 aromatic carbocycles. The summed E-state index contributed by atoms with van der Waals surface area (Å²) in [5.74, 6) is -0.894. The van der Waals surface area contributed by atoms with Gasteiger partial charge in [0.15, 0.2) is 4.96 Å². The third-order valence-electron chi connectivity index (χ3n) is 3.51. The van der Waals surface area contributed by atoms with Gasteiger partial charge in [-0.05, 0) is 20.3 Å². The molecule has 0 bridgehead atoms. The highest BCUT2D eigenvalue weighted by Gasteiger charge is 2.31. The molecule has 2 heterocycles. The number of carboxylic acid groups (broad SMARTS) is 1. The second-order valence-electron chi connectivity index (χ2n) is 5.32. The zero-order chi connectivity index (χ0) is 15.6. The van der Waals surface area contributed by atoms with Gasteiger partial charge in [-0.1, -0.05) is 13.3 Å². The lowest BCUT2D eigenvalue weighted by Gasteiger charge is -2.25. The van der Waals surface area contributed by atoms with E-state index in [9.17, 15) is 14.7 Å². The zero-order valence-electron chi connectivity index (χ0n) is 12.3. The average Bonchev–Trinajstić information content (AvgIpc) is 2.79. The Kier molecular flexibility index (Phi) is 4.43. The number of hydrogen-bond donors (Lipinski definition) is 2. The summed E-state index contributed by atoms with van der Waals surface area (Å²) in [5.41, 5.74) is 0.273. The predicted octanol–water partition coefficient (Wildman–Crippen LogP) is 1.80. The molecular weight excluding hydrogens is 290 g/mol. The van der Waals surface area contributed by atoms with E-state index in [4.69, 9.17) is 0 Å². The normalized spacial score (nSPS) is 14.2. The van der Waals surface area contributed by atoms with Gasteiger partial charge in [-0.25, -0.2) is 4.98 Å². The molecule has 0 saturated carbocycles. The summed E-state index contributed by atoms with van der Waals surface area (Å²) in [7, 11) is 0. The Morgan fingerprint density at radius 3 is 2.90 bits per heavy atom. The Bertz CT molecular complexity index is 722. The number of aryl methyl sites for hydroxylation is 1. The first-order valence-corrected chi connectivity index (χ1v) is 7.70. The third kappa shape index (κ3) is 3.14. The highest BCUT2D eigenvalue weighted by molar-refractivity contribution is 7.15. The van der Waals surface area contributed by atoms with E-state index < -0.39 is 11.5 Å². The molecule has 2 aromatic rings. The molecule has 0 amide bonds. The summed E-state index contributed by atoms with van der Waals surface area (Å²) in [6.45, 7) is 5.70. The number of aromatic nitrogens is 2. The molecule has 0 aliphatic heterocycles. The van der Waals surface area contributed by atoms with Crippen LogP contribution in [0.25, 0.3) is 4.96 Å². The molecule has 7 heteroatoms. The van der Waals surface area contributed by atoms with Crippen LogP contribution in [0.3, 0.4) is 0 Å². The van der Waals surface area contributed by atoms with Crippen LogP contribution in [0.1, 0.15) is 38.1 Å². The van der Waals surface area contributed by atoms with Crippen LogP contribution >= 0.6 is 11.3 Å². The van der Waals surface area contributed by atoms with Gasteiger partial charge in [-0.15, -0.1) is 11.3 Å². The van der Waals surface area contributed by atoms with E-state index in [1.165, 1.54) is 17.4 Å². The van der Waals surface area contributed by atoms with Crippen LogP contribution in [0.5, 0.6) is 0 Å². The number of nitrogens with one attached hydrogen (secondary N) is 1. The lowest BCUT2D eigenvalue weighted by atomic mass is 9.96.